The van der Waals surface area contributed by atoms with Crippen LogP contribution >= 0.6 is 0 Å². The summed E-state index contributed by atoms with van der Waals surface area (Å²) in [4.78, 5) is 11.6. The monoisotopic (exact) mass is 238 g/mol. The molecular formula is C12H22N4O. The SMILES string of the molecule is CCC(CN)C(=O)NCCCc1cn[nH]c1C. The molecule has 1 heterocycles. The number of carbonyl (C=O) groups is 1. The van der Waals surface area contributed by atoms with E-state index < -0.39 is 0 Å². The number of hydrogen-bond acceptors (Lipinski definition) is 3. The average Bonchev–Trinajstić information content (AvgIpc) is 2.72. The molecule has 0 aliphatic heterocycles. The number of rotatable bonds is 7. The lowest BCUT2D eigenvalue weighted by atomic mass is 10.1. The molecule has 0 aliphatic rings. The van der Waals surface area contributed by atoms with Crippen molar-refractivity contribution in [1.82, 2.24) is 15.5 Å². The van der Waals surface area contributed by atoms with Crippen LogP contribution in [-0.4, -0.2) is 29.2 Å². The van der Waals surface area contributed by atoms with Gasteiger partial charge in [0.2, 0.25) is 5.91 Å². The minimum Gasteiger partial charge on any atom is -0.356 e. The number of nitrogens with zero attached hydrogens (tertiary/aromatic N) is 1. The van der Waals surface area contributed by atoms with Crippen LogP contribution in [-0.2, 0) is 11.2 Å². The van der Waals surface area contributed by atoms with E-state index in [1.807, 2.05) is 20.0 Å². The molecular weight excluding hydrogens is 216 g/mol. The smallest absolute Gasteiger partial charge is 0.224 e. The highest BCUT2D eigenvalue weighted by Gasteiger charge is 2.13. The second-order valence-electron chi connectivity index (χ2n) is 4.26. The number of nitrogens with two attached hydrogens (primary N) is 1. The Hall–Kier alpha value is -1.36. The first-order valence-corrected chi connectivity index (χ1v) is 6.15. The molecule has 5 nitrogen and oxygen atoms in total. The van der Waals surface area contributed by atoms with E-state index in [0.717, 1.165) is 25.0 Å². The lowest BCUT2D eigenvalue weighted by Gasteiger charge is -2.12. The minimum absolute atomic E-state index is 0.0503. The van der Waals surface area contributed by atoms with Crippen molar-refractivity contribution in [3.63, 3.8) is 0 Å². The van der Waals surface area contributed by atoms with Crippen LogP contribution in [0.3, 0.4) is 0 Å². The van der Waals surface area contributed by atoms with Crippen LogP contribution in [0.1, 0.15) is 31.0 Å². The van der Waals surface area contributed by atoms with Crippen LogP contribution in [0.25, 0.3) is 0 Å². The molecule has 1 aromatic heterocycles. The average molecular weight is 238 g/mol. The Labute approximate surface area is 102 Å². The van der Waals surface area contributed by atoms with E-state index in [1.165, 1.54) is 5.56 Å². The molecule has 1 atom stereocenters. The highest BCUT2D eigenvalue weighted by molar-refractivity contribution is 5.78. The summed E-state index contributed by atoms with van der Waals surface area (Å²) in [5.74, 6) is 0.0181. The van der Waals surface area contributed by atoms with Gasteiger partial charge in [0.15, 0.2) is 0 Å². The second kappa shape index (κ2) is 7.06. The predicted molar refractivity (Wildman–Crippen MR) is 67.5 cm³/mol. The maximum Gasteiger partial charge on any atom is 0.224 e. The Morgan fingerprint density at radius 3 is 2.94 bits per heavy atom. The zero-order chi connectivity index (χ0) is 12.7. The van der Waals surface area contributed by atoms with E-state index in [1.54, 1.807) is 0 Å². The van der Waals surface area contributed by atoms with Gasteiger partial charge in [-0.1, -0.05) is 6.92 Å². The first kappa shape index (κ1) is 13.7. The van der Waals surface area contributed by atoms with Crippen molar-refractivity contribution >= 4 is 5.91 Å². The number of aromatic amines is 1. The number of carbonyl (C=O) groups excluding carboxylic acids is 1. The topological polar surface area (TPSA) is 83.8 Å². The Morgan fingerprint density at radius 1 is 1.65 bits per heavy atom. The summed E-state index contributed by atoms with van der Waals surface area (Å²) in [5, 5.41) is 9.78. The standard InChI is InChI=1S/C12H22N4O/c1-3-10(7-13)12(17)14-6-4-5-11-8-15-16-9(11)2/h8,10H,3-7,13H2,1-2H3,(H,14,17)(H,15,16). The molecule has 1 amide bonds. The van der Waals surface area contributed by atoms with Crippen LogP contribution in [0, 0.1) is 12.8 Å². The van der Waals surface area contributed by atoms with E-state index in [2.05, 4.69) is 15.5 Å². The third-order valence-corrected chi connectivity index (χ3v) is 3.00. The van der Waals surface area contributed by atoms with Gasteiger partial charge in [0.05, 0.1) is 6.20 Å². The number of hydrogen-bond donors (Lipinski definition) is 3. The third-order valence-electron chi connectivity index (χ3n) is 3.00. The van der Waals surface area contributed by atoms with Crippen LogP contribution in [0.4, 0.5) is 0 Å². The lowest BCUT2D eigenvalue weighted by molar-refractivity contribution is -0.124. The van der Waals surface area contributed by atoms with Gasteiger partial charge in [-0.15, -0.1) is 0 Å². The maximum absolute atomic E-state index is 11.6. The van der Waals surface area contributed by atoms with Crippen molar-refractivity contribution in [1.29, 1.82) is 0 Å². The highest BCUT2D eigenvalue weighted by atomic mass is 16.1. The molecule has 4 N–H and O–H groups in total. The zero-order valence-electron chi connectivity index (χ0n) is 10.6. The number of aromatic nitrogens is 2. The fraction of sp³-hybridized carbons (Fsp3) is 0.667. The molecule has 0 saturated carbocycles. The van der Waals surface area contributed by atoms with E-state index in [4.69, 9.17) is 5.73 Å². The van der Waals surface area contributed by atoms with Crippen molar-refractivity contribution in [2.75, 3.05) is 13.1 Å². The molecule has 5 heteroatoms. The van der Waals surface area contributed by atoms with Gasteiger partial charge in [-0.3, -0.25) is 9.89 Å². The summed E-state index contributed by atoms with van der Waals surface area (Å²) in [6, 6.07) is 0. The van der Waals surface area contributed by atoms with E-state index in [0.29, 0.717) is 13.1 Å². The van der Waals surface area contributed by atoms with Crippen LogP contribution in [0.5, 0.6) is 0 Å². The fourth-order valence-corrected chi connectivity index (χ4v) is 1.72. The van der Waals surface area contributed by atoms with Crippen molar-refractivity contribution in [3.8, 4) is 0 Å². The summed E-state index contributed by atoms with van der Waals surface area (Å²) in [6.45, 7) is 5.09. The van der Waals surface area contributed by atoms with Crippen LogP contribution < -0.4 is 11.1 Å². The Kier molecular flexibility index (Phi) is 5.69. The molecule has 0 fully saturated rings. The number of aryl methyl sites for hydroxylation is 2. The highest BCUT2D eigenvalue weighted by Crippen LogP contribution is 2.05. The minimum atomic E-state index is -0.0503. The Balaban J connectivity index is 2.20. The molecule has 0 aromatic carbocycles. The largest absolute Gasteiger partial charge is 0.356 e. The summed E-state index contributed by atoms with van der Waals surface area (Å²) in [7, 11) is 0. The normalized spacial score (nSPS) is 12.4. The van der Waals surface area contributed by atoms with Gasteiger partial charge in [-0.2, -0.15) is 5.10 Å². The second-order valence-corrected chi connectivity index (χ2v) is 4.26. The molecule has 0 aliphatic carbocycles. The third kappa shape index (κ3) is 4.19. The number of amides is 1. The summed E-state index contributed by atoms with van der Waals surface area (Å²) in [6.07, 6.45) is 4.49. The zero-order valence-corrected chi connectivity index (χ0v) is 10.6. The molecule has 17 heavy (non-hydrogen) atoms. The van der Waals surface area contributed by atoms with Gasteiger partial charge >= 0.3 is 0 Å². The van der Waals surface area contributed by atoms with Gasteiger partial charge in [-0.25, -0.2) is 0 Å². The first-order valence-electron chi connectivity index (χ1n) is 6.15. The van der Waals surface area contributed by atoms with E-state index in [-0.39, 0.29) is 11.8 Å². The Bertz CT molecular complexity index is 344. The molecule has 0 saturated heterocycles. The van der Waals surface area contributed by atoms with Crippen molar-refractivity contribution in [3.05, 3.63) is 17.5 Å². The van der Waals surface area contributed by atoms with Gasteiger partial charge < -0.3 is 11.1 Å². The van der Waals surface area contributed by atoms with Gasteiger partial charge in [0.1, 0.15) is 0 Å². The van der Waals surface area contributed by atoms with Crippen LogP contribution in [0.15, 0.2) is 6.20 Å². The van der Waals surface area contributed by atoms with Gasteiger partial charge in [-0.05, 0) is 31.7 Å². The Morgan fingerprint density at radius 2 is 2.41 bits per heavy atom. The van der Waals surface area contributed by atoms with Crippen molar-refractivity contribution in [2.24, 2.45) is 11.7 Å². The van der Waals surface area contributed by atoms with Gasteiger partial charge in [0.25, 0.3) is 0 Å². The molecule has 96 valence electrons. The molecule has 0 radical (unpaired) electrons. The fourth-order valence-electron chi connectivity index (χ4n) is 1.72. The van der Waals surface area contributed by atoms with Crippen LogP contribution in [0.2, 0.25) is 0 Å². The molecule has 1 aromatic rings. The number of H-pyrrole nitrogens is 1. The summed E-state index contributed by atoms with van der Waals surface area (Å²) >= 11 is 0. The predicted octanol–water partition coefficient (Wildman–Crippen LogP) is 0.752. The number of nitrogens with one attached hydrogen (secondary N) is 2. The van der Waals surface area contributed by atoms with E-state index in [9.17, 15) is 4.79 Å². The molecule has 0 bridgehead atoms. The molecule has 1 rings (SSSR count). The lowest BCUT2D eigenvalue weighted by Crippen LogP contribution is -2.35. The van der Waals surface area contributed by atoms with Crippen molar-refractivity contribution < 1.29 is 4.79 Å². The van der Waals surface area contributed by atoms with Crippen molar-refractivity contribution in [2.45, 2.75) is 33.1 Å². The summed E-state index contributed by atoms with van der Waals surface area (Å²) in [5.41, 5.74) is 7.83. The first-order chi connectivity index (χ1) is 8.19. The van der Waals surface area contributed by atoms with Gasteiger partial charge in [0, 0.05) is 24.7 Å². The van der Waals surface area contributed by atoms with E-state index >= 15 is 0 Å². The molecule has 1 unspecified atom stereocenters. The quantitative estimate of drug-likeness (QED) is 0.613. The maximum atomic E-state index is 11.6. The summed E-state index contributed by atoms with van der Waals surface area (Å²) < 4.78 is 0. The molecule has 0 spiro atoms.